The Morgan fingerprint density at radius 1 is 0.969 bits per heavy atom. The summed E-state index contributed by atoms with van der Waals surface area (Å²) in [5.41, 5.74) is 2.15. The minimum atomic E-state index is 0.153. The number of fused-ring (bicyclic) bond motifs is 1. The highest BCUT2D eigenvalue weighted by Crippen LogP contribution is 2.26. The predicted molar refractivity (Wildman–Crippen MR) is 128 cm³/mol. The summed E-state index contributed by atoms with van der Waals surface area (Å²) in [6, 6.07) is 16.0. The molecule has 0 aliphatic rings. The highest BCUT2D eigenvalue weighted by atomic mass is 16.5. The SMILES string of the molecule is CCCC(=O)NCCCCCc1nc2ccccc2n1CCOc1ccccc1OCC. The molecule has 32 heavy (non-hydrogen) atoms. The van der Waals surface area contributed by atoms with Gasteiger partial charge in [0.25, 0.3) is 0 Å². The first kappa shape index (κ1) is 23.6. The van der Waals surface area contributed by atoms with E-state index in [1.807, 2.05) is 44.2 Å². The van der Waals surface area contributed by atoms with E-state index >= 15 is 0 Å². The number of para-hydroxylation sites is 4. The first-order valence-electron chi connectivity index (χ1n) is 11.8. The number of aromatic nitrogens is 2. The molecule has 0 bridgehead atoms. The standard InChI is InChI=1S/C26H35N3O3/c1-3-12-26(30)27-18-11-5-6-17-25-28-21-13-7-8-14-22(21)29(25)19-20-32-24-16-10-9-15-23(24)31-4-2/h7-10,13-16H,3-6,11-12,17-20H2,1-2H3,(H,27,30). The molecule has 6 nitrogen and oxygen atoms in total. The summed E-state index contributed by atoms with van der Waals surface area (Å²) in [4.78, 5) is 16.4. The third-order valence-electron chi connectivity index (χ3n) is 5.33. The third kappa shape index (κ3) is 6.74. The number of nitrogens with one attached hydrogen (secondary N) is 1. The fourth-order valence-electron chi connectivity index (χ4n) is 3.78. The normalized spacial score (nSPS) is 10.9. The Balaban J connectivity index is 1.55. The van der Waals surface area contributed by atoms with Gasteiger partial charge in [0.05, 0.1) is 24.2 Å². The van der Waals surface area contributed by atoms with E-state index in [9.17, 15) is 4.79 Å². The maximum Gasteiger partial charge on any atom is 0.219 e. The van der Waals surface area contributed by atoms with Crippen molar-refractivity contribution in [2.24, 2.45) is 0 Å². The van der Waals surface area contributed by atoms with Crippen molar-refractivity contribution in [3.8, 4) is 11.5 Å². The predicted octanol–water partition coefficient (Wildman–Crippen LogP) is 5.14. The van der Waals surface area contributed by atoms with Crippen LogP contribution in [0.3, 0.4) is 0 Å². The number of unbranched alkanes of at least 4 members (excludes halogenated alkanes) is 2. The van der Waals surface area contributed by atoms with Crippen molar-refractivity contribution in [2.45, 2.75) is 58.9 Å². The fourth-order valence-corrected chi connectivity index (χ4v) is 3.78. The number of ether oxygens (including phenoxy) is 2. The summed E-state index contributed by atoms with van der Waals surface area (Å²) >= 11 is 0. The summed E-state index contributed by atoms with van der Waals surface area (Å²) in [5.74, 6) is 2.78. The second-order valence-corrected chi connectivity index (χ2v) is 7.81. The summed E-state index contributed by atoms with van der Waals surface area (Å²) in [5, 5.41) is 2.99. The minimum Gasteiger partial charge on any atom is -0.490 e. The second-order valence-electron chi connectivity index (χ2n) is 7.81. The van der Waals surface area contributed by atoms with Crippen molar-refractivity contribution in [3.05, 3.63) is 54.4 Å². The van der Waals surface area contributed by atoms with Crippen LogP contribution in [-0.4, -0.2) is 35.2 Å². The van der Waals surface area contributed by atoms with Crippen LogP contribution in [0.5, 0.6) is 11.5 Å². The molecule has 3 aromatic rings. The smallest absolute Gasteiger partial charge is 0.219 e. The van der Waals surface area contributed by atoms with Crippen molar-refractivity contribution >= 4 is 16.9 Å². The molecule has 6 heteroatoms. The number of amides is 1. The lowest BCUT2D eigenvalue weighted by Gasteiger charge is -2.13. The van der Waals surface area contributed by atoms with E-state index in [0.29, 0.717) is 19.6 Å². The van der Waals surface area contributed by atoms with Gasteiger partial charge in [-0.15, -0.1) is 0 Å². The van der Waals surface area contributed by atoms with Gasteiger partial charge in [0.1, 0.15) is 12.4 Å². The third-order valence-corrected chi connectivity index (χ3v) is 5.33. The number of benzene rings is 2. The van der Waals surface area contributed by atoms with Crippen LogP contribution in [-0.2, 0) is 17.8 Å². The lowest BCUT2D eigenvalue weighted by molar-refractivity contribution is -0.121. The van der Waals surface area contributed by atoms with Gasteiger partial charge in [-0.2, -0.15) is 0 Å². The van der Waals surface area contributed by atoms with Crippen LogP contribution >= 0.6 is 0 Å². The van der Waals surface area contributed by atoms with Crippen LogP contribution in [0.2, 0.25) is 0 Å². The molecule has 3 rings (SSSR count). The molecular formula is C26H35N3O3. The van der Waals surface area contributed by atoms with E-state index in [1.54, 1.807) is 0 Å². The van der Waals surface area contributed by atoms with E-state index < -0.39 is 0 Å². The number of carbonyl (C=O) groups excluding carboxylic acids is 1. The van der Waals surface area contributed by atoms with Crippen LogP contribution in [0.1, 0.15) is 51.8 Å². The molecule has 0 saturated carbocycles. The van der Waals surface area contributed by atoms with Gasteiger partial charge in [-0.1, -0.05) is 37.6 Å². The highest BCUT2D eigenvalue weighted by molar-refractivity contribution is 5.76. The molecule has 0 aliphatic carbocycles. The molecular weight excluding hydrogens is 402 g/mol. The van der Waals surface area contributed by atoms with E-state index in [4.69, 9.17) is 14.5 Å². The topological polar surface area (TPSA) is 65.4 Å². The van der Waals surface area contributed by atoms with Gasteiger partial charge in [-0.25, -0.2) is 4.98 Å². The van der Waals surface area contributed by atoms with Crippen LogP contribution in [0.15, 0.2) is 48.5 Å². The summed E-state index contributed by atoms with van der Waals surface area (Å²) < 4.78 is 14.0. The fraction of sp³-hybridized carbons (Fsp3) is 0.462. The van der Waals surface area contributed by atoms with Crippen LogP contribution in [0.25, 0.3) is 11.0 Å². The van der Waals surface area contributed by atoms with Gasteiger partial charge in [-0.05, 0) is 50.5 Å². The number of imidazole rings is 1. The zero-order valence-electron chi connectivity index (χ0n) is 19.3. The molecule has 0 spiro atoms. The molecule has 0 aliphatic heterocycles. The first-order valence-corrected chi connectivity index (χ1v) is 11.8. The average Bonchev–Trinajstić information content (AvgIpc) is 3.15. The Kier molecular flexibility index (Phi) is 9.41. The lowest BCUT2D eigenvalue weighted by atomic mass is 10.2. The number of carbonyl (C=O) groups is 1. The highest BCUT2D eigenvalue weighted by Gasteiger charge is 2.11. The molecule has 2 aromatic carbocycles. The summed E-state index contributed by atoms with van der Waals surface area (Å²) in [6.07, 6.45) is 5.51. The van der Waals surface area contributed by atoms with Crippen LogP contribution in [0, 0.1) is 0 Å². The van der Waals surface area contributed by atoms with E-state index in [2.05, 4.69) is 28.1 Å². The Bertz CT molecular complexity index is 983. The van der Waals surface area contributed by atoms with Crippen molar-refractivity contribution in [3.63, 3.8) is 0 Å². The van der Waals surface area contributed by atoms with Gasteiger partial charge in [0.2, 0.25) is 5.91 Å². The number of aryl methyl sites for hydroxylation is 1. The Hall–Kier alpha value is -3.02. The van der Waals surface area contributed by atoms with E-state index in [1.165, 1.54) is 0 Å². The van der Waals surface area contributed by atoms with Crippen molar-refractivity contribution < 1.29 is 14.3 Å². The zero-order valence-corrected chi connectivity index (χ0v) is 19.3. The average molecular weight is 438 g/mol. The molecule has 0 fully saturated rings. The molecule has 1 heterocycles. The van der Waals surface area contributed by atoms with Crippen molar-refractivity contribution in [1.29, 1.82) is 0 Å². The molecule has 0 atom stereocenters. The molecule has 1 aromatic heterocycles. The Morgan fingerprint density at radius 3 is 2.50 bits per heavy atom. The maximum atomic E-state index is 11.6. The number of nitrogens with zero attached hydrogens (tertiary/aromatic N) is 2. The summed E-state index contributed by atoms with van der Waals surface area (Å²) in [7, 11) is 0. The second kappa shape index (κ2) is 12.7. The summed E-state index contributed by atoms with van der Waals surface area (Å²) in [6.45, 7) is 6.62. The minimum absolute atomic E-state index is 0.153. The molecule has 1 amide bonds. The lowest BCUT2D eigenvalue weighted by Crippen LogP contribution is -2.23. The van der Waals surface area contributed by atoms with Gasteiger partial charge < -0.3 is 19.4 Å². The van der Waals surface area contributed by atoms with Gasteiger partial charge in [-0.3, -0.25) is 4.79 Å². The number of rotatable bonds is 14. The number of hydrogen-bond donors (Lipinski definition) is 1. The Morgan fingerprint density at radius 2 is 1.72 bits per heavy atom. The van der Waals surface area contributed by atoms with Gasteiger partial charge in [0, 0.05) is 19.4 Å². The molecule has 1 N–H and O–H groups in total. The molecule has 0 saturated heterocycles. The number of hydrogen-bond acceptors (Lipinski definition) is 4. The first-order chi connectivity index (χ1) is 15.7. The van der Waals surface area contributed by atoms with Gasteiger partial charge in [0.15, 0.2) is 11.5 Å². The van der Waals surface area contributed by atoms with E-state index in [-0.39, 0.29) is 5.91 Å². The van der Waals surface area contributed by atoms with Gasteiger partial charge >= 0.3 is 0 Å². The maximum absolute atomic E-state index is 11.6. The van der Waals surface area contributed by atoms with Crippen LogP contribution < -0.4 is 14.8 Å². The molecule has 172 valence electrons. The monoisotopic (exact) mass is 437 g/mol. The largest absolute Gasteiger partial charge is 0.490 e. The van der Waals surface area contributed by atoms with E-state index in [0.717, 1.165) is 73.6 Å². The molecule has 0 radical (unpaired) electrons. The van der Waals surface area contributed by atoms with Crippen LogP contribution in [0.4, 0.5) is 0 Å². The zero-order chi connectivity index (χ0) is 22.6. The quantitative estimate of drug-likeness (QED) is 0.355. The Labute approximate surface area is 190 Å². The van der Waals surface area contributed by atoms with Crippen molar-refractivity contribution in [2.75, 3.05) is 19.8 Å². The van der Waals surface area contributed by atoms with Crippen molar-refractivity contribution in [1.82, 2.24) is 14.9 Å². The molecule has 0 unspecified atom stereocenters.